The van der Waals surface area contributed by atoms with Gasteiger partial charge < -0.3 is 0 Å². The van der Waals surface area contributed by atoms with Gasteiger partial charge in [0.25, 0.3) is 0 Å². The predicted octanol–water partition coefficient (Wildman–Crippen LogP) is 3.35. The molecule has 0 aromatic heterocycles. The van der Waals surface area contributed by atoms with E-state index in [0.29, 0.717) is 0 Å². The third kappa shape index (κ3) is 4.24. The van der Waals surface area contributed by atoms with Crippen molar-refractivity contribution in [2.45, 2.75) is 25.9 Å². The maximum absolute atomic E-state index is 2.31. The molecule has 0 saturated carbocycles. The van der Waals surface area contributed by atoms with Crippen molar-refractivity contribution in [3.05, 3.63) is 42.5 Å². The fourth-order valence-corrected chi connectivity index (χ4v) is 2.43. The summed E-state index contributed by atoms with van der Waals surface area (Å²) in [6, 6.07) is 10.7. The topological polar surface area (TPSA) is 0 Å². The van der Waals surface area contributed by atoms with Crippen molar-refractivity contribution in [2.24, 2.45) is 0 Å². The molecule has 1 rings (SSSR count). The van der Waals surface area contributed by atoms with Crippen LogP contribution in [0.1, 0.15) is 20.3 Å². The van der Waals surface area contributed by atoms with Crippen LogP contribution in [0.5, 0.6) is 0 Å². The number of hydrogen-bond donors (Lipinski definition) is 0. The summed E-state index contributed by atoms with van der Waals surface area (Å²) in [5.41, 5.74) is 0.776. The van der Waals surface area contributed by atoms with Gasteiger partial charge in [-0.3, -0.25) is 0 Å². The fourth-order valence-electron chi connectivity index (χ4n) is 1.22. The molecule has 0 aliphatic carbocycles. The predicted molar refractivity (Wildman–Crippen MR) is 63.3 cm³/mol. The normalized spacial score (nSPS) is 14.3. The number of benzene rings is 1. The highest BCUT2D eigenvalue weighted by atomic mass is 31.1. The average molecular weight is 192 g/mol. The Bertz CT molecular complexity index is 251. The van der Waals surface area contributed by atoms with Crippen LogP contribution < -0.4 is 5.30 Å². The molecule has 1 aromatic carbocycles. The van der Waals surface area contributed by atoms with Crippen LogP contribution in [0.15, 0.2) is 42.5 Å². The van der Waals surface area contributed by atoms with Gasteiger partial charge in [0.1, 0.15) is 0 Å². The van der Waals surface area contributed by atoms with Crippen molar-refractivity contribution in [1.82, 2.24) is 0 Å². The molecular weight excluding hydrogens is 175 g/mol. The summed E-state index contributed by atoms with van der Waals surface area (Å²) in [7, 11) is 0.937. The zero-order valence-electron chi connectivity index (χ0n) is 8.33. The minimum absolute atomic E-state index is 0.776. The summed E-state index contributed by atoms with van der Waals surface area (Å²) in [6.07, 6.45) is 5.58. The van der Waals surface area contributed by atoms with Crippen LogP contribution in [0.3, 0.4) is 0 Å². The molecule has 0 spiro atoms. The van der Waals surface area contributed by atoms with E-state index >= 15 is 0 Å². The largest absolute Gasteiger partial charge is 0.0916 e. The first-order valence-corrected chi connectivity index (χ1v) is 5.83. The van der Waals surface area contributed by atoms with Crippen LogP contribution in [-0.2, 0) is 0 Å². The molecule has 70 valence electrons. The zero-order valence-corrected chi connectivity index (χ0v) is 9.33. The SMILES string of the molecule is C/C=C\CC(C)Pc1ccccc1. The molecule has 1 heteroatoms. The molecule has 0 N–H and O–H groups in total. The first-order valence-electron chi connectivity index (χ1n) is 4.75. The average Bonchev–Trinajstić information content (AvgIpc) is 2.16. The van der Waals surface area contributed by atoms with Gasteiger partial charge in [-0.1, -0.05) is 58.0 Å². The lowest BCUT2D eigenvalue weighted by atomic mass is 10.3. The molecule has 0 aliphatic heterocycles. The summed E-state index contributed by atoms with van der Waals surface area (Å²) >= 11 is 0. The molecule has 2 unspecified atom stereocenters. The molecule has 0 aliphatic rings. The van der Waals surface area contributed by atoms with E-state index in [4.69, 9.17) is 0 Å². The van der Waals surface area contributed by atoms with Gasteiger partial charge >= 0.3 is 0 Å². The van der Waals surface area contributed by atoms with E-state index in [9.17, 15) is 0 Å². The Labute approximate surface area is 82.8 Å². The summed E-state index contributed by atoms with van der Waals surface area (Å²) in [4.78, 5) is 0. The van der Waals surface area contributed by atoms with Gasteiger partial charge in [-0.25, -0.2) is 0 Å². The molecular formula is C12H17P. The lowest BCUT2D eigenvalue weighted by Crippen LogP contribution is -2.00. The Morgan fingerprint density at radius 3 is 2.62 bits per heavy atom. The fraction of sp³-hybridized carbons (Fsp3) is 0.333. The molecule has 0 amide bonds. The minimum atomic E-state index is 0.776. The van der Waals surface area contributed by atoms with Gasteiger partial charge in [0.05, 0.1) is 0 Å². The smallest absolute Gasteiger partial charge is 0.0190 e. The van der Waals surface area contributed by atoms with Crippen LogP contribution in [0.4, 0.5) is 0 Å². The van der Waals surface area contributed by atoms with E-state index in [2.05, 4.69) is 56.3 Å². The molecule has 13 heavy (non-hydrogen) atoms. The quantitative estimate of drug-likeness (QED) is 0.507. The molecule has 0 heterocycles. The first kappa shape index (κ1) is 10.5. The van der Waals surface area contributed by atoms with Crippen LogP contribution >= 0.6 is 8.58 Å². The Morgan fingerprint density at radius 2 is 2.00 bits per heavy atom. The molecule has 0 bridgehead atoms. The number of rotatable bonds is 4. The Balaban J connectivity index is 2.40. The van der Waals surface area contributed by atoms with Gasteiger partial charge in [0, 0.05) is 0 Å². The molecule has 0 saturated heterocycles. The summed E-state index contributed by atoms with van der Waals surface area (Å²) < 4.78 is 0. The van der Waals surface area contributed by atoms with E-state index in [1.807, 2.05) is 0 Å². The third-order valence-corrected chi connectivity index (χ3v) is 3.31. The second-order valence-corrected chi connectivity index (χ2v) is 5.07. The Morgan fingerprint density at radius 1 is 1.31 bits per heavy atom. The molecule has 2 atom stereocenters. The van der Waals surface area contributed by atoms with Gasteiger partial charge in [-0.2, -0.15) is 0 Å². The second kappa shape index (κ2) is 5.94. The highest BCUT2D eigenvalue weighted by Crippen LogP contribution is 2.20. The van der Waals surface area contributed by atoms with Crippen LogP contribution in [0.25, 0.3) is 0 Å². The van der Waals surface area contributed by atoms with E-state index in [1.165, 1.54) is 11.7 Å². The highest BCUT2D eigenvalue weighted by Gasteiger charge is 1.99. The van der Waals surface area contributed by atoms with E-state index in [-0.39, 0.29) is 0 Å². The first-order chi connectivity index (χ1) is 6.33. The Hall–Kier alpha value is -0.610. The van der Waals surface area contributed by atoms with Gasteiger partial charge in [0.15, 0.2) is 0 Å². The van der Waals surface area contributed by atoms with Crippen molar-refractivity contribution in [3.8, 4) is 0 Å². The lowest BCUT2D eigenvalue weighted by Gasteiger charge is -2.08. The maximum atomic E-state index is 2.31. The van der Waals surface area contributed by atoms with Crippen molar-refractivity contribution < 1.29 is 0 Å². The molecule has 0 radical (unpaired) electrons. The highest BCUT2D eigenvalue weighted by molar-refractivity contribution is 7.47. The molecule has 1 aromatic rings. The maximum Gasteiger partial charge on any atom is -0.0190 e. The van der Waals surface area contributed by atoms with Crippen LogP contribution in [-0.4, -0.2) is 5.66 Å². The monoisotopic (exact) mass is 192 g/mol. The molecule has 0 fully saturated rings. The van der Waals surface area contributed by atoms with E-state index < -0.39 is 0 Å². The van der Waals surface area contributed by atoms with E-state index in [0.717, 1.165) is 14.2 Å². The third-order valence-electron chi connectivity index (χ3n) is 1.91. The van der Waals surface area contributed by atoms with Crippen molar-refractivity contribution in [3.63, 3.8) is 0 Å². The van der Waals surface area contributed by atoms with Gasteiger partial charge in [-0.15, -0.1) is 0 Å². The Kier molecular flexibility index (Phi) is 4.78. The van der Waals surface area contributed by atoms with Crippen molar-refractivity contribution in [2.75, 3.05) is 0 Å². The van der Waals surface area contributed by atoms with E-state index in [1.54, 1.807) is 0 Å². The second-order valence-electron chi connectivity index (χ2n) is 3.22. The van der Waals surface area contributed by atoms with Gasteiger partial charge in [0.2, 0.25) is 0 Å². The lowest BCUT2D eigenvalue weighted by molar-refractivity contribution is 0.976. The standard InChI is InChI=1S/C12H17P/c1-3-4-8-11(2)13-12-9-6-5-7-10-12/h3-7,9-11,13H,8H2,1-2H3/b4-3-. The summed E-state index contributed by atoms with van der Waals surface area (Å²) in [6.45, 7) is 4.39. The number of hydrogen-bond acceptors (Lipinski definition) is 0. The van der Waals surface area contributed by atoms with Crippen LogP contribution in [0, 0.1) is 0 Å². The van der Waals surface area contributed by atoms with Crippen LogP contribution in [0.2, 0.25) is 0 Å². The number of allylic oxidation sites excluding steroid dienone is 2. The summed E-state index contributed by atoms with van der Waals surface area (Å²) in [5.74, 6) is 0. The molecule has 0 nitrogen and oxygen atoms in total. The van der Waals surface area contributed by atoms with Crippen molar-refractivity contribution >= 4 is 13.9 Å². The zero-order chi connectivity index (χ0) is 9.52. The van der Waals surface area contributed by atoms with Crippen molar-refractivity contribution in [1.29, 1.82) is 0 Å². The van der Waals surface area contributed by atoms with Gasteiger partial charge in [-0.05, 0) is 24.3 Å². The summed E-state index contributed by atoms with van der Waals surface area (Å²) in [5, 5.41) is 1.47. The minimum Gasteiger partial charge on any atom is -0.0916 e.